The van der Waals surface area contributed by atoms with E-state index in [0.29, 0.717) is 13.1 Å². The van der Waals surface area contributed by atoms with Crippen LogP contribution in [0.4, 0.5) is 0 Å². The largest absolute Gasteiger partial charge is 0.396 e. The molecule has 0 aromatic carbocycles. The fourth-order valence-corrected chi connectivity index (χ4v) is 2.43. The minimum Gasteiger partial charge on any atom is -0.396 e. The minimum absolute atomic E-state index is 0.0186. The van der Waals surface area contributed by atoms with Crippen LogP contribution in [0.5, 0.6) is 0 Å². The monoisotopic (exact) mass is 228 g/mol. The molecule has 4 heteroatoms. The lowest BCUT2D eigenvalue weighted by Gasteiger charge is -2.41. The summed E-state index contributed by atoms with van der Waals surface area (Å²) in [5, 5.41) is 12.3. The molecule has 0 aliphatic carbocycles. The van der Waals surface area contributed by atoms with E-state index < -0.39 is 0 Å². The predicted molar refractivity (Wildman–Crippen MR) is 64.2 cm³/mol. The zero-order valence-electron chi connectivity index (χ0n) is 10.5. The van der Waals surface area contributed by atoms with Crippen LogP contribution in [0, 0.1) is 5.41 Å². The second-order valence-electron chi connectivity index (χ2n) is 4.78. The lowest BCUT2D eigenvalue weighted by molar-refractivity contribution is -0.123. The van der Waals surface area contributed by atoms with Gasteiger partial charge < -0.3 is 10.4 Å². The summed E-state index contributed by atoms with van der Waals surface area (Å²) >= 11 is 0. The molecule has 1 aliphatic heterocycles. The number of hydrogen-bond acceptors (Lipinski definition) is 3. The van der Waals surface area contributed by atoms with Crippen molar-refractivity contribution < 1.29 is 9.90 Å². The Bertz CT molecular complexity index is 227. The Balaban J connectivity index is 2.47. The van der Waals surface area contributed by atoms with Gasteiger partial charge in [0.1, 0.15) is 0 Å². The maximum Gasteiger partial charge on any atom is 0.234 e. The molecule has 1 saturated heterocycles. The summed E-state index contributed by atoms with van der Waals surface area (Å²) in [6.45, 7) is 7.25. The second kappa shape index (κ2) is 6.21. The fraction of sp³-hybridized carbons (Fsp3) is 0.917. The third-order valence-corrected chi connectivity index (χ3v) is 3.57. The van der Waals surface area contributed by atoms with Crippen molar-refractivity contribution in [2.45, 2.75) is 33.1 Å². The molecule has 0 aromatic rings. The van der Waals surface area contributed by atoms with Gasteiger partial charge in [-0.15, -0.1) is 0 Å². The molecule has 2 N–H and O–H groups in total. The Morgan fingerprint density at radius 1 is 1.50 bits per heavy atom. The van der Waals surface area contributed by atoms with Crippen LogP contribution in [0.3, 0.4) is 0 Å². The molecule has 1 fully saturated rings. The van der Waals surface area contributed by atoms with E-state index in [0.717, 1.165) is 32.4 Å². The van der Waals surface area contributed by atoms with Gasteiger partial charge in [-0.2, -0.15) is 0 Å². The average molecular weight is 228 g/mol. The maximum absolute atomic E-state index is 11.5. The standard InChI is InChI=1S/C12H24N2O2/c1-3-12(10-15)6-5-7-14(9-12)8-11(16)13-4-2/h15H,3-10H2,1-2H3,(H,13,16). The first-order chi connectivity index (χ1) is 7.65. The van der Waals surface area contributed by atoms with Crippen LogP contribution in [0.2, 0.25) is 0 Å². The highest BCUT2D eigenvalue weighted by atomic mass is 16.3. The first-order valence-electron chi connectivity index (χ1n) is 6.25. The molecule has 1 heterocycles. The van der Waals surface area contributed by atoms with E-state index in [2.05, 4.69) is 17.1 Å². The summed E-state index contributed by atoms with van der Waals surface area (Å²) < 4.78 is 0. The summed E-state index contributed by atoms with van der Waals surface area (Å²) in [5.41, 5.74) is 0.0186. The van der Waals surface area contributed by atoms with Gasteiger partial charge in [0.25, 0.3) is 0 Å². The van der Waals surface area contributed by atoms with Crippen molar-refractivity contribution in [3.63, 3.8) is 0 Å². The van der Waals surface area contributed by atoms with Crippen molar-refractivity contribution in [1.29, 1.82) is 0 Å². The van der Waals surface area contributed by atoms with Gasteiger partial charge in [-0.05, 0) is 32.7 Å². The fourth-order valence-electron chi connectivity index (χ4n) is 2.43. The third kappa shape index (κ3) is 3.46. The maximum atomic E-state index is 11.5. The van der Waals surface area contributed by atoms with Crippen molar-refractivity contribution in [1.82, 2.24) is 10.2 Å². The number of aliphatic hydroxyl groups excluding tert-OH is 1. The summed E-state index contributed by atoms with van der Waals surface area (Å²) in [5.74, 6) is 0.0901. The zero-order chi connectivity index (χ0) is 12.0. The van der Waals surface area contributed by atoms with Crippen molar-refractivity contribution in [2.75, 3.05) is 32.8 Å². The summed E-state index contributed by atoms with van der Waals surface area (Å²) in [4.78, 5) is 13.6. The molecule has 1 aliphatic rings. The van der Waals surface area contributed by atoms with Crippen LogP contribution >= 0.6 is 0 Å². The van der Waals surface area contributed by atoms with Crippen LogP contribution in [0.15, 0.2) is 0 Å². The molecule has 1 unspecified atom stereocenters. The Kier molecular flexibility index (Phi) is 5.22. The summed E-state index contributed by atoms with van der Waals surface area (Å²) in [6, 6.07) is 0. The Labute approximate surface area is 98.0 Å². The van der Waals surface area contributed by atoms with Gasteiger partial charge in [-0.3, -0.25) is 9.69 Å². The number of likely N-dealkylation sites (tertiary alicyclic amines) is 1. The quantitative estimate of drug-likeness (QED) is 0.725. The summed E-state index contributed by atoms with van der Waals surface area (Å²) in [6.07, 6.45) is 3.13. The third-order valence-electron chi connectivity index (χ3n) is 3.57. The van der Waals surface area contributed by atoms with Crippen LogP contribution in [-0.2, 0) is 4.79 Å². The van der Waals surface area contributed by atoms with E-state index in [9.17, 15) is 9.90 Å². The topological polar surface area (TPSA) is 52.6 Å². The smallest absolute Gasteiger partial charge is 0.234 e. The molecule has 0 radical (unpaired) electrons. The Morgan fingerprint density at radius 3 is 2.81 bits per heavy atom. The number of aliphatic hydroxyl groups is 1. The molecule has 0 spiro atoms. The highest BCUT2D eigenvalue weighted by Gasteiger charge is 2.33. The van der Waals surface area contributed by atoms with Crippen molar-refractivity contribution >= 4 is 5.91 Å². The van der Waals surface area contributed by atoms with Gasteiger partial charge >= 0.3 is 0 Å². The van der Waals surface area contributed by atoms with Crippen molar-refractivity contribution in [3.05, 3.63) is 0 Å². The van der Waals surface area contributed by atoms with Crippen molar-refractivity contribution in [2.24, 2.45) is 5.41 Å². The second-order valence-corrected chi connectivity index (χ2v) is 4.78. The molecular formula is C12H24N2O2. The summed E-state index contributed by atoms with van der Waals surface area (Å²) in [7, 11) is 0. The molecule has 0 bridgehead atoms. The van der Waals surface area contributed by atoms with Gasteiger partial charge in [-0.25, -0.2) is 0 Å². The Morgan fingerprint density at radius 2 is 2.25 bits per heavy atom. The first kappa shape index (κ1) is 13.5. The molecule has 94 valence electrons. The highest BCUT2D eigenvalue weighted by Crippen LogP contribution is 2.32. The number of rotatable bonds is 5. The van der Waals surface area contributed by atoms with Gasteiger partial charge in [0.05, 0.1) is 6.54 Å². The molecule has 1 amide bonds. The molecule has 0 aromatic heterocycles. The number of nitrogens with zero attached hydrogens (tertiary/aromatic N) is 1. The zero-order valence-corrected chi connectivity index (χ0v) is 10.5. The molecule has 1 atom stereocenters. The van der Waals surface area contributed by atoms with Crippen molar-refractivity contribution in [3.8, 4) is 0 Å². The molecule has 16 heavy (non-hydrogen) atoms. The normalized spacial score (nSPS) is 26.7. The van der Waals surface area contributed by atoms with E-state index in [-0.39, 0.29) is 17.9 Å². The van der Waals surface area contributed by atoms with E-state index in [1.165, 1.54) is 0 Å². The van der Waals surface area contributed by atoms with Gasteiger partial charge in [0.15, 0.2) is 0 Å². The molecule has 4 nitrogen and oxygen atoms in total. The number of carbonyl (C=O) groups excluding carboxylic acids is 1. The van der Waals surface area contributed by atoms with Crippen LogP contribution in [0.25, 0.3) is 0 Å². The highest BCUT2D eigenvalue weighted by molar-refractivity contribution is 5.77. The van der Waals surface area contributed by atoms with Gasteiger partial charge in [0, 0.05) is 25.1 Å². The van der Waals surface area contributed by atoms with Gasteiger partial charge in [-0.1, -0.05) is 6.92 Å². The average Bonchev–Trinajstić information content (AvgIpc) is 2.29. The lowest BCUT2D eigenvalue weighted by atomic mass is 9.78. The minimum atomic E-state index is 0.0186. The van der Waals surface area contributed by atoms with Crippen LogP contribution < -0.4 is 5.32 Å². The van der Waals surface area contributed by atoms with E-state index >= 15 is 0 Å². The molecule has 1 rings (SSSR count). The predicted octanol–water partition coefficient (Wildman–Crippen LogP) is 0.607. The van der Waals surface area contributed by atoms with Gasteiger partial charge in [0.2, 0.25) is 5.91 Å². The SMILES string of the molecule is CCNC(=O)CN1CCCC(CC)(CO)C1. The van der Waals surface area contributed by atoms with Crippen LogP contribution in [-0.4, -0.2) is 48.7 Å². The molecule has 0 saturated carbocycles. The number of carbonyl (C=O) groups is 1. The number of piperidine rings is 1. The van der Waals surface area contributed by atoms with E-state index in [1.807, 2.05) is 6.92 Å². The number of likely N-dealkylation sites (N-methyl/N-ethyl adjacent to an activating group) is 1. The van der Waals surface area contributed by atoms with Crippen LogP contribution in [0.1, 0.15) is 33.1 Å². The number of hydrogen-bond donors (Lipinski definition) is 2. The Hall–Kier alpha value is -0.610. The number of amides is 1. The van der Waals surface area contributed by atoms with E-state index in [4.69, 9.17) is 0 Å². The first-order valence-corrected chi connectivity index (χ1v) is 6.25. The molecular weight excluding hydrogens is 204 g/mol. The number of nitrogens with one attached hydrogen (secondary N) is 1. The lowest BCUT2D eigenvalue weighted by Crippen LogP contribution is -2.48. The van der Waals surface area contributed by atoms with E-state index in [1.54, 1.807) is 0 Å².